The number of hydrogen-bond acceptors (Lipinski definition) is 5. The molecule has 0 aliphatic carbocycles. The highest BCUT2D eigenvalue weighted by atomic mass is 32.2. The fourth-order valence-corrected chi connectivity index (χ4v) is 7.55. The monoisotopic (exact) mass is 515 g/mol. The highest BCUT2D eigenvalue weighted by molar-refractivity contribution is 7.91. The molecule has 1 aliphatic rings. The van der Waals surface area contributed by atoms with Crippen LogP contribution >= 0.6 is 11.3 Å². The van der Waals surface area contributed by atoms with Crippen molar-refractivity contribution in [1.29, 1.82) is 5.26 Å². The molecule has 7 nitrogen and oxygen atoms in total. The third-order valence-electron chi connectivity index (χ3n) is 6.29. The molecule has 36 heavy (non-hydrogen) atoms. The first kappa shape index (κ1) is 24.0. The van der Waals surface area contributed by atoms with Crippen molar-refractivity contribution >= 4 is 43.1 Å². The van der Waals surface area contributed by atoms with E-state index in [1.807, 2.05) is 96.9 Å². The normalized spacial score (nSPS) is 17.2. The Bertz CT molecular complexity index is 1520. The predicted molar refractivity (Wildman–Crippen MR) is 143 cm³/mol. The molecule has 0 bridgehead atoms. The number of piperazine rings is 1. The second-order valence-electron chi connectivity index (χ2n) is 8.55. The molecule has 1 N–H and O–H groups in total. The Morgan fingerprint density at radius 2 is 1.75 bits per heavy atom. The number of sulfonamides is 1. The summed E-state index contributed by atoms with van der Waals surface area (Å²) in [6.07, 6.45) is 1.99. The van der Waals surface area contributed by atoms with Crippen molar-refractivity contribution in [3.8, 4) is 6.19 Å². The molecule has 3 aromatic carbocycles. The molecule has 1 saturated heterocycles. The summed E-state index contributed by atoms with van der Waals surface area (Å²) in [6, 6.07) is 26.3. The number of guanidine groups is 1. The van der Waals surface area contributed by atoms with Gasteiger partial charge in [-0.15, -0.1) is 11.3 Å². The molecule has 1 aliphatic heterocycles. The van der Waals surface area contributed by atoms with Gasteiger partial charge in [-0.3, -0.25) is 5.32 Å². The van der Waals surface area contributed by atoms with Gasteiger partial charge in [-0.25, -0.2) is 13.4 Å². The minimum absolute atomic E-state index is 0.260. The zero-order valence-corrected chi connectivity index (χ0v) is 21.3. The van der Waals surface area contributed by atoms with E-state index in [0.29, 0.717) is 23.3 Å². The lowest BCUT2D eigenvalue weighted by Gasteiger charge is -2.41. The van der Waals surface area contributed by atoms with Crippen LogP contribution in [-0.4, -0.2) is 43.2 Å². The van der Waals surface area contributed by atoms with E-state index in [0.717, 1.165) is 26.9 Å². The molecule has 182 valence electrons. The van der Waals surface area contributed by atoms with Crippen molar-refractivity contribution in [1.82, 2.24) is 14.5 Å². The minimum Gasteiger partial charge on any atom is -0.339 e. The van der Waals surface area contributed by atoms with Gasteiger partial charge in [-0.2, -0.15) is 9.57 Å². The van der Waals surface area contributed by atoms with Gasteiger partial charge in [0.15, 0.2) is 6.19 Å². The van der Waals surface area contributed by atoms with Gasteiger partial charge >= 0.3 is 0 Å². The Morgan fingerprint density at radius 1 is 1.03 bits per heavy atom. The Balaban J connectivity index is 1.52. The molecular weight excluding hydrogens is 490 g/mol. The molecule has 0 amide bonds. The number of aliphatic imine (C=N–C) groups is 1. The zero-order valence-electron chi connectivity index (χ0n) is 19.7. The summed E-state index contributed by atoms with van der Waals surface area (Å²) in [4.78, 5) is 6.67. The van der Waals surface area contributed by atoms with Crippen LogP contribution in [0.5, 0.6) is 0 Å². The van der Waals surface area contributed by atoms with Gasteiger partial charge < -0.3 is 4.90 Å². The third-order valence-corrected chi connectivity index (χ3v) is 9.76. The van der Waals surface area contributed by atoms with Gasteiger partial charge in [0.05, 0.1) is 11.7 Å². The number of nitrogens with zero attached hydrogens (tertiary/aromatic N) is 4. The molecule has 0 radical (unpaired) electrons. The number of para-hydroxylation sites is 1. The first-order chi connectivity index (χ1) is 17.5. The Kier molecular flexibility index (Phi) is 6.74. The molecule has 5 rings (SSSR count). The van der Waals surface area contributed by atoms with Crippen LogP contribution in [0, 0.1) is 18.4 Å². The summed E-state index contributed by atoms with van der Waals surface area (Å²) in [5.74, 6) is 0.409. The van der Waals surface area contributed by atoms with Crippen LogP contribution in [0.3, 0.4) is 0 Å². The number of hydrogen-bond donors (Lipinski definition) is 1. The smallest absolute Gasteiger partial charge is 0.253 e. The maximum atomic E-state index is 13.9. The topological polar surface area (TPSA) is 88.8 Å². The van der Waals surface area contributed by atoms with Crippen LogP contribution < -0.4 is 5.32 Å². The lowest BCUT2D eigenvalue weighted by molar-refractivity contribution is 0.192. The SMILES string of the molecule is Cc1ccccc1N=C(NC#N)N1CCN(S(=O)(=O)c2cc3ccccc3s2)C(c2ccccc2)C1. The van der Waals surface area contributed by atoms with Crippen LogP contribution in [0.15, 0.2) is 94.1 Å². The highest BCUT2D eigenvalue weighted by Crippen LogP contribution is 2.36. The van der Waals surface area contributed by atoms with E-state index < -0.39 is 16.1 Å². The van der Waals surface area contributed by atoms with Gasteiger partial charge in [0, 0.05) is 24.3 Å². The molecule has 1 unspecified atom stereocenters. The van der Waals surface area contributed by atoms with Crippen molar-refractivity contribution in [2.24, 2.45) is 4.99 Å². The first-order valence-electron chi connectivity index (χ1n) is 11.6. The maximum Gasteiger partial charge on any atom is 0.253 e. The lowest BCUT2D eigenvalue weighted by Crippen LogP contribution is -2.54. The van der Waals surface area contributed by atoms with Crippen LogP contribution in [0.1, 0.15) is 17.2 Å². The minimum atomic E-state index is -3.75. The molecule has 4 aromatic rings. The number of benzene rings is 3. The number of nitrogens with one attached hydrogen (secondary N) is 1. The van der Waals surface area contributed by atoms with Gasteiger partial charge in [0.25, 0.3) is 10.0 Å². The van der Waals surface area contributed by atoms with Crippen LogP contribution in [-0.2, 0) is 10.0 Å². The van der Waals surface area contributed by atoms with E-state index in [1.165, 1.54) is 11.3 Å². The quantitative estimate of drug-likeness (QED) is 0.179. The van der Waals surface area contributed by atoms with Crippen molar-refractivity contribution < 1.29 is 8.42 Å². The third kappa shape index (κ3) is 4.71. The van der Waals surface area contributed by atoms with Crippen LogP contribution in [0.4, 0.5) is 5.69 Å². The molecule has 1 aromatic heterocycles. The second kappa shape index (κ2) is 10.1. The van der Waals surface area contributed by atoms with E-state index in [1.54, 1.807) is 10.4 Å². The van der Waals surface area contributed by atoms with E-state index in [4.69, 9.17) is 4.99 Å². The molecule has 0 saturated carbocycles. The van der Waals surface area contributed by atoms with Crippen LogP contribution in [0.25, 0.3) is 10.1 Å². The van der Waals surface area contributed by atoms with Crippen LogP contribution in [0.2, 0.25) is 0 Å². The fraction of sp³-hybridized carbons (Fsp3) is 0.185. The van der Waals surface area contributed by atoms with Gasteiger partial charge in [0.1, 0.15) is 4.21 Å². The average molecular weight is 516 g/mol. The molecule has 1 fully saturated rings. The van der Waals surface area contributed by atoms with Crippen molar-refractivity contribution in [2.75, 3.05) is 19.6 Å². The standard InChI is InChI=1S/C27H25N5O2S2/c1-20-9-5-7-13-23(20)30-27(29-19-28)31-15-16-32(24(18-31)21-10-3-2-4-11-21)36(33,34)26-17-22-12-6-8-14-25(22)35-26/h2-14,17,24H,15-16,18H2,1H3,(H,29,30). The Hall–Kier alpha value is -3.71. The summed E-state index contributed by atoms with van der Waals surface area (Å²) >= 11 is 1.29. The first-order valence-corrected chi connectivity index (χ1v) is 13.8. The summed E-state index contributed by atoms with van der Waals surface area (Å²) in [5, 5.41) is 13.1. The summed E-state index contributed by atoms with van der Waals surface area (Å²) in [7, 11) is -3.75. The average Bonchev–Trinajstić information content (AvgIpc) is 3.35. The zero-order chi connectivity index (χ0) is 25.1. The van der Waals surface area contributed by atoms with E-state index >= 15 is 0 Å². The predicted octanol–water partition coefficient (Wildman–Crippen LogP) is 5.02. The summed E-state index contributed by atoms with van der Waals surface area (Å²) < 4.78 is 30.7. The molecule has 2 heterocycles. The number of thiophene rings is 1. The van der Waals surface area contributed by atoms with E-state index in [9.17, 15) is 13.7 Å². The number of rotatable bonds is 4. The summed E-state index contributed by atoms with van der Waals surface area (Å²) in [5.41, 5.74) is 2.63. The largest absolute Gasteiger partial charge is 0.339 e. The maximum absolute atomic E-state index is 13.9. The number of nitriles is 1. The fourth-order valence-electron chi connectivity index (χ4n) is 4.42. The van der Waals surface area contributed by atoms with Gasteiger partial charge in [-0.05, 0) is 41.6 Å². The van der Waals surface area contributed by atoms with Crippen molar-refractivity contribution in [2.45, 2.75) is 17.2 Å². The Morgan fingerprint density at radius 3 is 2.50 bits per heavy atom. The van der Waals surface area contributed by atoms with Gasteiger partial charge in [-0.1, -0.05) is 66.7 Å². The van der Waals surface area contributed by atoms with Crippen molar-refractivity contribution in [3.05, 3.63) is 96.1 Å². The summed E-state index contributed by atoms with van der Waals surface area (Å²) in [6.45, 7) is 2.97. The second-order valence-corrected chi connectivity index (χ2v) is 11.8. The van der Waals surface area contributed by atoms with Crippen molar-refractivity contribution in [3.63, 3.8) is 0 Å². The highest BCUT2D eigenvalue weighted by Gasteiger charge is 2.38. The molecular formula is C27H25N5O2S2. The number of fused-ring (bicyclic) bond motifs is 1. The van der Waals surface area contributed by atoms with E-state index in [2.05, 4.69) is 5.32 Å². The number of aryl methyl sites for hydroxylation is 1. The Labute approximate surface area is 215 Å². The molecule has 9 heteroatoms. The molecule has 1 atom stereocenters. The lowest BCUT2D eigenvalue weighted by atomic mass is 10.0. The van der Waals surface area contributed by atoms with Gasteiger partial charge in [0.2, 0.25) is 5.96 Å². The molecule has 0 spiro atoms. The van der Waals surface area contributed by atoms with E-state index in [-0.39, 0.29) is 6.54 Å².